The van der Waals surface area contributed by atoms with Crippen LogP contribution in [-0.4, -0.2) is 63.1 Å². The highest BCUT2D eigenvalue weighted by atomic mass is 16.3. The van der Waals surface area contributed by atoms with Gasteiger partial charge in [-0.1, -0.05) is 0 Å². The number of carbonyl (C=O) groups excluding carboxylic acids is 1. The average Bonchev–Trinajstić information content (AvgIpc) is 2.97. The van der Waals surface area contributed by atoms with Gasteiger partial charge in [0.25, 0.3) is 5.91 Å². The number of likely N-dealkylation sites (N-methyl/N-ethyl adjacent to an activating group) is 1. The molecule has 0 bridgehead atoms. The van der Waals surface area contributed by atoms with Crippen LogP contribution in [0.25, 0.3) is 0 Å². The predicted octanol–water partition coefficient (Wildman–Crippen LogP) is 0.893. The van der Waals surface area contributed by atoms with Crippen molar-refractivity contribution in [1.82, 2.24) is 19.9 Å². The molecular weight excluding hydrogens is 306 g/mol. The molecule has 126 valence electrons. The molecule has 7 nitrogen and oxygen atoms in total. The van der Waals surface area contributed by atoms with Crippen LogP contribution in [0.5, 0.6) is 0 Å². The Kier molecular flexibility index (Phi) is 4.44. The van der Waals surface area contributed by atoms with Crippen LogP contribution in [0.2, 0.25) is 0 Å². The molecule has 24 heavy (non-hydrogen) atoms. The van der Waals surface area contributed by atoms with Crippen LogP contribution in [0.1, 0.15) is 22.3 Å². The molecule has 0 saturated carbocycles. The molecule has 1 aliphatic rings. The third-order valence-electron chi connectivity index (χ3n) is 4.21. The van der Waals surface area contributed by atoms with Gasteiger partial charge in [0.05, 0.1) is 18.3 Å². The molecule has 1 unspecified atom stereocenters. The Hall–Kier alpha value is -2.54. The summed E-state index contributed by atoms with van der Waals surface area (Å²) in [6.45, 7) is 3.27. The molecule has 1 amide bonds. The van der Waals surface area contributed by atoms with Gasteiger partial charge in [-0.05, 0) is 25.0 Å². The second-order valence-electron chi connectivity index (χ2n) is 6.37. The molecule has 2 aromatic heterocycles. The fraction of sp³-hybridized carbons (Fsp3) is 0.412. The van der Waals surface area contributed by atoms with Gasteiger partial charge >= 0.3 is 0 Å². The monoisotopic (exact) mass is 327 g/mol. The van der Waals surface area contributed by atoms with E-state index in [0.717, 1.165) is 11.4 Å². The molecule has 0 spiro atoms. The Morgan fingerprint density at radius 2 is 2.17 bits per heavy atom. The maximum absolute atomic E-state index is 12.5. The molecule has 0 radical (unpaired) electrons. The lowest BCUT2D eigenvalue weighted by molar-refractivity contribution is 0.0264. The van der Waals surface area contributed by atoms with Gasteiger partial charge in [-0.15, -0.1) is 0 Å². The number of aryl methyl sites for hydroxylation is 1. The van der Waals surface area contributed by atoms with E-state index in [4.69, 9.17) is 0 Å². The van der Waals surface area contributed by atoms with Crippen molar-refractivity contribution in [3.05, 3.63) is 48.2 Å². The van der Waals surface area contributed by atoms with E-state index in [2.05, 4.69) is 15.0 Å². The number of rotatable bonds is 4. The van der Waals surface area contributed by atoms with E-state index in [0.29, 0.717) is 25.1 Å². The Morgan fingerprint density at radius 1 is 1.33 bits per heavy atom. The summed E-state index contributed by atoms with van der Waals surface area (Å²) in [5.41, 5.74) is 0.506. The summed E-state index contributed by atoms with van der Waals surface area (Å²) < 4.78 is 0. The Balaban J connectivity index is 1.66. The molecule has 1 aliphatic heterocycles. The molecule has 2 aromatic rings. The van der Waals surface area contributed by atoms with Gasteiger partial charge in [-0.3, -0.25) is 14.8 Å². The van der Waals surface area contributed by atoms with Gasteiger partial charge in [-0.25, -0.2) is 4.98 Å². The molecule has 1 fully saturated rings. The molecule has 3 heterocycles. The Labute approximate surface area is 141 Å². The second-order valence-corrected chi connectivity index (χ2v) is 6.37. The quantitative estimate of drug-likeness (QED) is 0.898. The van der Waals surface area contributed by atoms with Crippen LogP contribution in [0.15, 0.2) is 37.1 Å². The predicted molar refractivity (Wildman–Crippen MR) is 89.7 cm³/mol. The smallest absolute Gasteiger partial charge is 0.255 e. The van der Waals surface area contributed by atoms with Crippen LogP contribution in [0.4, 0.5) is 5.82 Å². The van der Waals surface area contributed by atoms with E-state index in [9.17, 15) is 9.90 Å². The van der Waals surface area contributed by atoms with E-state index >= 15 is 0 Å². The highest BCUT2D eigenvalue weighted by Gasteiger charge is 2.38. The maximum Gasteiger partial charge on any atom is 0.255 e. The first-order valence-corrected chi connectivity index (χ1v) is 7.87. The molecule has 0 aromatic carbocycles. The van der Waals surface area contributed by atoms with Gasteiger partial charge in [0.1, 0.15) is 11.4 Å². The third-order valence-corrected chi connectivity index (χ3v) is 4.21. The van der Waals surface area contributed by atoms with Crippen molar-refractivity contribution in [2.45, 2.75) is 18.9 Å². The zero-order valence-electron chi connectivity index (χ0n) is 13.9. The maximum atomic E-state index is 12.5. The summed E-state index contributed by atoms with van der Waals surface area (Å²) in [7, 11) is 1.70. The molecule has 7 heteroatoms. The number of carbonyl (C=O) groups is 1. The van der Waals surface area contributed by atoms with E-state index in [1.807, 2.05) is 11.8 Å². The van der Waals surface area contributed by atoms with Gasteiger partial charge in [-0.2, -0.15) is 0 Å². The molecule has 0 aliphatic carbocycles. The number of aliphatic hydroxyl groups is 1. The topological polar surface area (TPSA) is 82.5 Å². The number of β-amino-alcohol motifs (C(OH)–C–C–N with tert-alkyl or cyclic N) is 1. The highest BCUT2D eigenvalue weighted by molar-refractivity contribution is 5.93. The molecule has 1 N–H and O–H groups in total. The van der Waals surface area contributed by atoms with Gasteiger partial charge in [0, 0.05) is 44.9 Å². The minimum Gasteiger partial charge on any atom is -0.386 e. The second kappa shape index (κ2) is 6.52. The van der Waals surface area contributed by atoms with E-state index < -0.39 is 5.60 Å². The number of nitrogens with zero attached hydrogens (tertiary/aromatic N) is 5. The van der Waals surface area contributed by atoms with Gasteiger partial charge in [0.2, 0.25) is 0 Å². The van der Waals surface area contributed by atoms with Crippen LogP contribution >= 0.6 is 0 Å². The summed E-state index contributed by atoms with van der Waals surface area (Å²) in [5, 5.41) is 10.8. The van der Waals surface area contributed by atoms with Crippen molar-refractivity contribution in [1.29, 1.82) is 0 Å². The molecule has 3 rings (SSSR count). The number of hydrogen-bond donors (Lipinski definition) is 1. The normalized spacial score (nSPS) is 20.2. The largest absolute Gasteiger partial charge is 0.386 e. The molecule has 1 atom stereocenters. The first kappa shape index (κ1) is 16.3. The highest BCUT2D eigenvalue weighted by Crippen LogP contribution is 2.26. The van der Waals surface area contributed by atoms with Crippen LogP contribution < -0.4 is 4.90 Å². The van der Waals surface area contributed by atoms with Crippen LogP contribution in [-0.2, 0) is 0 Å². The number of anilines is 1. The lowest BCUT2D eigenvalue weighted by atomic mass is 10.0. The summed E-state index contributed by atoms with van der Waals surface area (Å²) in [5.74, 6) is 0.600. The van der Waals surface area contributed by atoms with Crippen molar-refractivity contribution in [2.75, 3.05) is 31.6 Å². The summed E-state index contributed by atoms with van der Waals surface area (Å²) in [4.78, 5) is 28.4. The summed E-state index contributed by atoms with van der Waals surface area (Å²) >= 11 is 0. The van der Waals surface area contributed by atoms with Crippen molar-refractivity contribution >= 4 is 11.7 Å². The Morgan fingerprint density at radius 3 is 2.88 bits per heavy atom. The molecular formula is C17H21N5O2. The van der Waals surface area contributed by atoms with Crippen molar-refractivity contribution in [3.8, 4) is 0 Å². The standard InChI is InChI=1S/C17H21N5O2/c1-13-7-14(9-19-8-13)16(23)21(2)11-17(24)3-6-22(12-17)15-10-18-4-5-20-15/h4-5,7-10,24H,3,6,11-12H2,1-2H3. The first-order chi connectivity index (χ1) is 11.5. The van der Waals surface area contributed by atoms with E-state index in [-0.39, 0.29) is 12.5 Å². The Bertz CT molecular complexity index is 724. The van der Waals surface area contributed by atoms with Crippen LogP contribution in [0, 0.1) is 6.92 Å². The van der Waals surface area contributed by atoms with Crippen molar-refractivity contribution in [2.24, 2.45) is 0 Å². The zero-order chi connectivity index (χ0) is 17.2. The minimum atomic E-state index is -0.959. The first-order valence-electron chi connectivity index (χ1n) is 7.87. The summed E-state index contributed by atoms with van der Waals surface area (Å²) in [6.07, 6.45) is 8.77. The third kappa shape index (κ3) is 3.51. The summed E-state index contributed by atoms with van der Waals surface area (Å²) in [6, 6.07) is 1.80. The number of hydrogen-bond acceptors (Lipinski definition) is 6. The van der Waals surface area contributed by atoms with E-state index in [1.54, 1.807) is 49.0 Å². The SMILES string of the molecule is Cc1cncc(C(=O)N(C)CC2(O)CCN(c3cnccn3)C2)c1. The van der Waals surface area contributed by atoms with Crippen molar-refractivity contribution in [3.63, 3.8) is 0 Å². The zero-order valence-corrected chi connectivity index (χ0v) is 13.9. The molecule has 1 saturated heterocycles. The van der Waals surface area contributed by atoms with Gasteiger partial charge in [0.15, 0.2) is 0 Å². The fourth-order valence-electron chi connectivity index (χ4n) is 3.04. The van der Waals surface area contributed by atoms with Gasteiger partial charge < -0.3 is 14.9 Å². The number of pyridine rings is 1. The average molecular weight is 327 g/mol. The number of aromatic nitrogens is 3. The van der Waals surface area contributed by atoms with E-state index in [1.165, 1.54) is 0 Å². The fourth-order valence-corrected chi connectivity index (χ4v) is 3.04. The lowest BCUT2D eigenvalue weighted by Crippen LogP contribution is -2.46. The van der Waals surface area contributed by atoms with Crippen LogP contribution in [0.3, 0.4) is 0 Å². The number of amides is 1. The minimum absolute atomic E-state index is 0.141. The van der Waals surface area contributed by atoms with Crippen molar-refractivity contribution < 1.29 is 9.90 Å². The lowest BCUT2D eigenvalue weighted by Gasteiger charge is -2.29.